The highest BCUT2D eigenvalue weighted by Gasteiger charge is 2.51. The van der Waals surface area contributed by atoms with E-state index in [1.54, 1.807) is 0 Å². The molecule has 2 N–H and O–H groups in total. The van der Waals surface area contributed by atoms with E-state index in [2.05, 4.69) is 5.32 Å². The highest BCUT2D eigenvalue weighted by molar-refractivity contribution is 5.89. The van der Waals surface area contributed by atoms with Gasteiger partial charge < -0.3 is 10.4 Å². The fourth-order valence-corrected chi connectivity index (χ4v) is 4.30. The maximum Gasteiger partial charge on any atom is 0.329 e. The van der Waals surface area contributed by atoms with Crippen LogP contribution in [0.25, 0.3) is 0 Å². The van der Waals surface area contributed by atoms with Crippen LogP contribution in [0.2, 0.25) is 0 Å². The van der Waals surface area contributed by atoms with E-state index in [1.165, 1.54) is 32.1 Å². The van der Waals surface area contributed by atoms with Crippen LogP contribution in [-0.4, -0.2) is 22.5 Å². The summed E-state index contributed by atoms with van der Waals surface area (Å²) >= 11 is 0. The first kappa shape index (κ1) is 13.9. The zero-order valence-electron chi connectivity index (χ0n) is 12.1. The molecule has 3 saturated carbocycles. The third-order valence-electron chi connectivity index (χ3n) is 5.66. The van der Waals surface area contributed by atoms with Gasteiger partial charge in [0.2, 0.25) is 5.91 Å². The summed E-state index contributed by atoms with van der Waals surface area (Å²) in [5, 5.41) is 12.3. The minimum atomic E-state index is -0.962. The number of hydrogen-bond acceptors (Lipinski definition) is 2. The molecule has 3 rings (SSSR count). The molecule has 112 valence electrons. The molecular weight excluding hydrogens is 254 g/mol. The third kappa shape index (κ3) is 2.57. The van der Waals surface area contributed by atoms with E-state index in [4.69, 9.17) is 0 Å². The molecule has 0 spiro atoms. The molecule has 20 heavy (non-hydrogen) atoms. The molecule has 0 aliphatic heterocycles. The van der Waals surface area contributed by atoms with Gasteiger partial charge >= 0.3 is 5.97 Å². The van der Waals surface area contributed by atoms with Crippen molar-refractivity contribution in [3.63, 3.8) is 0 Å². The SMILES string of the molecule is O=C(NC1(C(=O)O)CCCC1)C1CC1C1CCCCC1. The number of aliphatic carboxylic acids is 1. The number of carbonyl (C=O) groups excluding carboxylic acids is 1. The van der Waals surface area contributed by atoms with Crippen molar-refractivity contribution in [3.05, 3.63) is 0 Å². The third-order valence-corrected chi connectivity index (χ3v) is 5.66. The molecular formula is C16H25NO3. The predicted molar refractivity (Wildman–Crippen MR) is 75.1 cm³/mol. The number of carbonyl (C=O) groups is 2. The molecule has 2 unspecified atom stereocenters. The van der Waals surface area contributed by atoms with E-state index >= 15 is 0 Å². The number of amides is 1. The Morgan fingerprint density at radius 1 is 1.00 bits per heavy atom. The fourth-order valence-electron chi connectivity index (χ4n) is 4.30. The standard InChI is InChI=1S/C16H25NO3/c18-14(17-16(15(19)20)8-4-5-9-16)13-10-12(13)11-6-2-1-3-7-11/h11-13H,1-10H2,(H,17,18)(H,19,20). The lowest BCUT2D eigenvalue weighted by Crippen LogP contribution is -2.53. The summed E-state index contributed by atoms with van der Waals surface area (Å²) in [7, 11) is 0. The summed E-state index contributed by atoms with van der Waals surface area (Å²) in [4.78, 5) is 23.8. The maximum absolute atomic E-state index is 12.3. The summed E-state index contributed by atoms with van der Waals surface area (Å²) in [6.45, 7) is 0. The molecule has 0 aromatic heterocycles. The minimum Gasteiger partial charge on any atom is -0.480 e. The first-order valence-electron chi connectivity index (χ1n) is 8.18. The Balaban J connectivity index is 1.56. The summed E-state index contributed by atoms with van der Waals surface area (Å²) < 4.78 is 0. The van der Waals surface area contributed by atoms with Crippen molar-refractivity contribution in [1.29, 1.82) is 0 Å². The normalized spacial score (nSPS) is 32.8. The number of rotatable bonds is 4. The first-order valence-corrected chi connectivity index (χ1v) is 8.18. The van der Waals surface area contributed by atoms with Gasteiger partial charge in [0, 0.05) is 5.92 Å². The maximum atomic E-state index is 12.3. The highest BCUT2D eigenvalue weighted by atomic mass is 16.4. The number of hydrogen-bond donors (Lipinski definition) is 2. The van der Waals surface area contributed by atoms with Crippen LogP contribution < -0.4 is 5.32 Å². The average molecular weight is 279 g/mol. The van der Waals surface area contributed by atoms with E-state index in [9.17, 15) is 14.7 Å². The van der Waals surface area contributed by atoms with Gasteiger partial charge in [-0.3, -0.25) is 4.79 Å². The Morgan fingerprint density at radius 3 is 2.25 bits per heavy atom. The van der Waals surface area contributed by atoms with Crippen LogP contribution in [0.4, 0.5) is 0 Å². The Bertz CT molecular complexity index is 395. The summed E-state index contributed by atoms with van der Waals surface area (Å²) in [6.07, 6.45) is 10.4. The molecule has 0 heterocycles. The van der Waals surface area contributed by atoms with Gasteiger partial charge in [-0.1, -0.05) is 44.9 Å². The summed E-state index contributed by atoms with van der Waals surface area (Å²) in [5.41, 5.74) is -0.962. The molecule has 3 fully saturated rings. The van der Waals surface area contributed by atoms with Gasteiger partial charge in [0.1, 0.15) is 5.54 Å². The first-order chi connectivity index (χ1) is 9.62. The summed E-state index contributed by atoms with van der Waals surface area (Å²) in [6, 6.07) is 0. The molecule has 0 bridgehead atoms. The topological polar surface area (TPSA) is 66.4 Å². The molecule has 0 saturated heterocycles. The molecule has 0 aromatic rings. The van der Waals surface area contributed by atoms with Crippen LogP contribution >= 0.6 is 0 Å². The van der Waals surface area contributed by atoms with Crippen molar-refractivity contribution in [2.24, 2.45) is 17.8 Å². The van der Waals surface area contributed by atoms with Crippen LogP contribution in [0.15, 0.2) is 0 Å². The van der Waals surface area contributed by atoms with E-state index in [1.807, 2.05) is 0 Å². The lowest BCUT2D eigenvalue weighted by Gasteiger charge is -2.26. The molecule has 4 heteroatoms. The van der Waals surface area contributed by atoms with Gasteiger partial charge in [0.25, 0.3) is 0 Å². The van der Waals surface area contributed by atoms with Gasteiger partial charge in [0.15, 0.2) is 0 Å². The second kappa shape index (κ2) is 5.38. The van der Waals surface area contributed by atoms with Gasteiger partial charge in [-0.15, -0.1) is 0 Å². The van der Waals surface area contributed by atoms with Crippen LogP contribution in [0, 0.1) is 17.8 Å². The van der Waals surface area contributed by atoms with Crippen LogP contribution in [-0.2, 0) is 9.59 Å². The van der Waals surface area contributed by atoms with Gasteiger partial charge in [-0.2, -0.15) is 0 Å². The average Bonchev–Trinajstić information content (AvgIpc) is 3.12. The van der Waals surface area contributed by atoms with Crippen molar-refractivity contribution in [3.8, 4) is 0 Å². The van der Waals surface area contributed by atoms with E-state index in [0.29, 0.717) is 24.7 Å². The fraction of sp³-hybridized carbons (Fsp3) is 0.875. The Hall–Kier alpha value is -1.06. The molecule has 2 atom stereocenters. The second-order valence-electron chi connectivity index (χ2n) is 6.99. The van der Waals surface area contributed by atoms with E-state index in [-0.39, 0.29) is 11.8 Å². The Kier molecular flexibility index (Phi) is 3.74. The van der Waals surface area contributed by atoms with Gasteiger partial charge in [-0.05, 0) is 31.1 Å². The molecule has 3 aliphatic rings. The molecule has 0 aromatic carbocycles. The zero-order chi connectivity index (χ0) is 14.2. The Labute approximate surface area is 120 Å². The highest BCUT2D eigenvalue weighted by Crippen LogP contribution is 2.49. The molecule has 1 amide bonds. The van der Waals surface area contributed by atoms with Crippen LogP contribution in [0.5, 0.6) is 0 Å². The van der Waals surface area contributed by atoms with Crippen LogP contribution in [0.3, 0.4) is 0 Å². The smallest absolute Gasteiger partial charge is 0.329 e. The number of nitrogens with one attached hydrogen (secondary N) is 1. The molecule has 0 radical (unpaired) electrons. The second-order valence-corrected chi connectivity index (χ2v) is 6.99. The van der Waals surface area contributed by atoms with Gasteiger partial charge in [0.05, 0.1) is 0 Å². The van der Waals surface area contributed by atoms with Crippen LogP contribution in [0.1, 0.15) is 64.2 Å². The lowest BCUT2D eigenvalue weighted by atomic mass is 9.85. The van der Waals surface area contributed by atoms with Crippen molar-refractivity contribution in [1.82, 2.24) is 5.32 Å². The quantitative estimate of drug-likeness (QED) is 0.831. The van der Waals surface area contributed by atoms with Crippen molar-refractivity contribution < 1.29 is 14.7 Å². The monoisotopic (exact) mass is 279 g/mol. The largest absolute Gasteiger partial charge is 0.480 e. The van der Waals surface area contributed by atoms with Crippen molar-refractivity contribution >= 4 is 11.9 Å². The Morgan fingerprint density at radius 2 is 1.65 bits per heavy atom. The van der Waals surface area contributed by atoms with E-state index in [0.717, 1.165) is 19.3 Å². The lowest BCUT2D eigenvalue weighted by molar-refractivity contribution is -0.147. The van der Waals surface area contributed by atoms with E-state index < -0.39 is 11.5 Å². The molecule has 3 aliphatic carbocycles. The number of carboxylic acid groups (broad SMARTS) is 1. The number of carboxylic acids is 1. The minimum absolute atomic E-state index is 0.00451. The molecule has 4 nitrogen and oxygen atoms in total. The van der Waals surface area contributed by atoms with Crippen molar-refractivity contribution in [2.75, 3.05) is 0 Å². The van der Waals surface area contributed by atoms with Crippen molar-refractivity contribution in [2.45, 2.75) is 69.7 Å². The summed E-state index contributed by atoms with van der Waals surface area (Å²) in [5.74, 6) is 0.490. The predicted octanol–water partition coefficient (Wildman–Crippen LogP) is 2.72. The van der Waals surface area contributed by atoms with Gasteiger partial charge in [-0.25, -0.2) is 4.79 Å². The zero-order valence-corrected chi connectivity index (χ0v) is 12.1.